The van der Waals surface area contributed by atoms with Gasteiger partial charge in [0.1, 0.15) is 0 Å². The molecular weight excluding hydrogens is 386 g/mol. The van der Waals surface area contributed by atoms with Gasteiger partial charge in [-0.1, -0.05) is 0 Å². The van der Waals surface area contributed by atoms with Gasteiger partial charge < -0.3 is 10.2 Å². The van der Waals surface area contributed by atoms with E-state index in [1.165, 1.54) is 11.3 Å². The summed E-state index contributed by atoms with van der Waals surface area (Å²) in [5.74, 6) is 0.116. The molecule has 0 bridgehead atoms. The third-order valence-corrected chi connectivity index (χ3v) is 5.02. The Hall–Kier alpha value is -2.76. The van der Waals surface area contributed by atoms with E-state index in [1.807, 2.05) is 0 Å². The molecule has 0 fully saturated rings. The number of anilines is 3. The van der Waals surface area contributed by atoms with Crippen LogP contribution in [0.5, 0.6) is 0 Å². The lowest BCUT2D eigenvalue weighted by molar-refractivity contribution is -0.132. The highest BCUT2D eigenvalue weighted by Gasteiger charge is 2.31. The maximum Gasteiger partial charge on any atom is 0.390 e. The lowest BCUT2D eigenvalue weighted by atomic mass is 10.2. The molecule has 1 aliphatic rings. The summed E-state index contributed by atoms with van der Waals surface area (Å²) in [5, 5.41) is 10.2. The molecule has 4 heterocycles. The van der Waals surface area contributed by atoms with E-state index in [1.54, 1.807) is 11.1 Å². The van der Waals surface area contributed by atoms with E-state index in [0.717, 1.165) is 17.3 Å². The van der Waals surface area contributed by atoms with Gasteiger partial charge in [-0.25, -0.2) is 19.3 Å². The molecule has 0 saturated heterocycles. The van der Waals surface area contributed by atoms with Crippen LogP contribution in [-0.4, -0.2) is 44.4 Å². The molecule has 0 aromatic carbocycles. The Kier molecular flexibility index (Phi) is 4.42. The van der Waals surface area contributed by atoms with Gasteiger partial charge in [0.05, 0.1) is 30.1 Å². The highest BCUT2D eigenvalue weighted by molar-refractivity contribution is 7.16. The highest BCUT2D eigenvalue weighted by Crippen LogP contribution is 2.39. The third kappa shape index (κ3) is 3.84. The van der Waals surface area contributed by atoms with Gasteiger partial charge in [-0.15, -0.1) is 11.3 Å². The second-order valence-electron chi connectivity index (χ2n) is 5.87. The lowest BCUT2D eigenvalue weighted by Gasteiger charge is -2.22. The van der Waals surface area contributed by atoms with E-state index in [-0.39, 0.29) is 12.5 Å². The average Bonchev–Trinajstić information content (AvgIpc) is 3.20. The van der Waals surface area contributed by atoms with Crippen molar-refractivity contribution >= 4 is 28.2 Å². The van der Waals surface area contributed by atoms with Gasteiger partial charge in [-0.05, 0) is 0 Å². The predicted octanol–water partition coefficient (Wildman–Crippen LogP) is 3.52. The first-order chi connectivity index (χ1) is 12.9. The molecule has 0 atom stereocenters. The first-order valence-electron chi connectivity index (χ1n) is 7.99. The number of halogens is 4. The standard InChI is InChI=1S/C15H13F4N7S/c16-8-5-20-13(21-6-8)24-14-23-11-9-7-22-25-12(9)26(3-1-10(11)27-14)4-2-15(17,18)19/h5-7H,1-4H2,(H,22,25)(H,20,21,23,24). The van der Waals surface area contributed by atoms with E-state index in [0.29, 0.717) is 35.2 Å². The van der Waals surface area contributed by atoms with Crippen molar-refractivity contribution in [2.75, 3.05) is 23.3 Å². The van der Waals surface area contributed by atoms with Gasteiger partial charge in [0.2, 0.25) is 5.95 Å². The van der Waals surface area contributed by atoms with Crippen LogP contribution in [0.15, 0.2) is 18.6 Å². The molecule has 1 aliphatic heterocycles. The first-order valence-corrected chi connectivity index (χ1v) is 8.81. The Bertz CT molecular complexity index is 935. The van der Waals surface area contributed by atoms with Crippen molar-refractivity contribution in [1.29, 1.82) is 0 Å². The molecule has 27 heavy (non-hydrogen) atoms. The number of aromatic nitrogens is 5. The van der Waals surface area contributed by atoms with Crippen molar-refractivity contribution in [3.8, 4) is 11.3 Å². The molecule has 7 nitrogen and oxygen atoms in total. The summed E-state index contributed by atoms with van der Waals surface area (Å²) in [5.41, 5.74) is 1.30. The maximum absolute atomic E-state index is 12.9. The molecule has 2 N–H and O–H groups in total. The minimum atomic E-state index is -4.22. The van der Waals surface area contributed by atoms with Crippen LogP contribution in [-0.2, 0) is 6.42 Å². The van der Waals surface area contributed by atoms with Gasteiger partial charge in [0.25, 0.3) is 0 Å². The minimum Gasteiger partial charge on any atom is -0.354 e. The fourth-order valence-corrected chi connectivity index (χ4v) is 3.74. The van der Waals surface area contributed by atoms with E-state index in [4.69, 9.17) is 0 Å². The minimum absolute atomic E-state index is 0.162. The monoisotopic (exact) mass is 399 g/mol. The zero-order chi connectivity index (χ0) is 19.0. The summed E-state index contributed by atoms with van der Waals surface area (Å²) in [6, 6.07) is 0. The topological polar surface area (TPSA) is 82.6 Å². The number of nitrogens with one attached hydrogen (secondary N) is 2. The molecule has 0 unspecified atom stereocenters. The Balaban J connectivity index is 1.58. The van der Waals surface area contributed by atoms with Crippen LogP contribution in [0, 0.1) is 5.82 Å². The fourth-order valence-electron chi connectivity index (χ4n) is 2.78. The Morgan fingerprint density at radius 1 is 1.26 bits per heavy atom. The van der Waals surface area contributed by atoms with Crippen LogP contribution in [0.25, 0.3) is 11.3 Å². The normalized spacial score (nSPS) is 13.9. The van der Waals surface area contributed by atoms with E-state index in [9.17, 15) is 17.6 Å². The number of aromatic amines is 1. The van der Waals surface area contributed by atoms with Crippen molar-refractivity contribution in [2.45, 2.75) is 19.0 Å². The van der Waals surface area contributed by atoms with Gasteiger partial charge in [0, 0.05) is 30.6 Å². The average molecular weight is 399 g/mol. The number of hydrogen-bond donors (Lipinski definition) is 2. The summed E-state index contributed by atoms with van der Waals surface area (Å²) in [6.07, 6.45) is -0.889. The molecule has 12 heteroatoms. The Morgan fingerprint density at radius 2 is 2.04 bits per heavy atom. The van der Waals surface area contributed by atoms with E-state index < -0.39 is 18.4 Å². The Morgan fingerprint density at radius 3 is 2.78 bits per heavy atom. The molecule has 0 amide bonds. The molecule has 4 rings (SSSR count). The van der Waals surface area contributed by atoms with Gasteiger partial charge in [-0.3, -0.25) is 5.10 Å². The van der Waals surface area contributed by atoms with Crippen molar-refractivity contribution < 1.29 is 17.6 Å². The largest absolute Gasteiger partial charge is 0.390 e. The van der Waals surface area contributed by atoms with Crippen LogP contribution in [0.3, 0.4) is 0 Å². The van der Waals surface area contributed by atoms with E-state index >= 15 is 0 Å². The summed E-state index contributed by atoms with van der Waals surface area (Å²) >= 11 is 1.35. The number of alkyl halides is 3. The second kappa shape index (κ2) is 6.76. The number of hydrogen-bond acceptors (Lipinski definition) is 7. The Labute approximate surface area is 154 Å². The number of fused-ring (bicyclic) bond motifs is 3. The van der Waals surface area contributed by atoms with Crippen LogP contribution in [0.1, 0.15) is 11.3 Å². The molecule has 3 aromatic rings. The van der Waals surface area contributed by atoms with Crippen molar-refractivity contribution in [3.63, 3.8) is 0 Å². The van der Waals surface area contributed by atoms with Gasteiger partial charge in [0.15, 0.2) is 16.8 Å². The quantitative estimate of drug-likeness (QED) is 0.654. The molecule has 142 valence electrons. The van der Waals surface area contributed by atoms with Crippen molar-refractivity contribution in [2.24, 2.45) is 0 Å². The van der Waals surface area contributed by atoms with Crippen LogP contribution in [0.2, 0.25) is 0 Å². The summed E-state index contributed by atoms with van der Waals surface area (Å²) in [4.78, 5) is 14.7. The van der Waals surface area contributed by atoms with Crippen LogP contribution < -0.4 is 10.2 Å². The molecule has 0 aliphatic carbocycles. The summed E-state index contributed by atoms with van der Waals surface area (Å²) in [6.45, 7) is 0.237. The van der Waals surface area contributed by atoms with Gasteiger partial charge >= 0.3 is 6.18 Å². The summed E-state index contributed by atoms with van der Waals surface area (Å²) < 4.78 is 50.7. The second-order valence-corrected chi connectivity index (χ2v) is 6.95. The molecule has 0 radical (unpaired) electrons. The number of H-pyrrole nitrogens is 1. The lowest BCUT2D eigenvalue weighted by Crippen LogP contribution is -2.30. The highest BCUT2D eigenvalue weighted by atomic mass is 32.1. The van der Waals surface area contributed by atoms with E-state index in [2.05, 4.69) is 30.5 Å². The fraction of sp³-hybridized carbons (Fsp3) is 0.333. The zero-order valence-electron chi connectivity index (χ0n) is 13.7. The van der Waals surface area contributed by atoms with Gasteiger partial charge in [-0.2, -0.15) is 18.3 Å². The molecular formula is C15H13F4N7S. The first kappa shape index (κ1) is 17.6. The van der Waals surface area contributed by atoms with Crippen molar-refractivity contribution in [1.82, 2.24) is 25.1 Å². The SMILES string of the molecule is Fc1cnc(Nc2nc3c(s2)CCN(CCC(F)(F)F)c2n[nH]cc2-3)nc1. The zero-order valence-corrected chi connectivity index (χ0v) is 14.5. The third-order valence-electron chi connectivity index (χ3n) is 3.99. The molecule has 3 aromatic heterocycles. The number of thiazole rings is 1. The number of rotatable bonds is 4. The predicted molar refractivity (Wildman–Crippen MR) is 91.6 cm³/mol. The molecule has 0 saturated carbocycles. The smallest absolute Gasteiger partial charge is 0.354 e. The van der Waals surface area contributed by atoms with Crippen LogP contribution in [0.4, 0.5) is 34.5 Å². The van der Waals surface area contributed by atoms with Crippen molar-refractivity contribution in [3.05, 3.63) is 29.3 Å². The maximum atomic E-state index is 12.9. The molecule has 0 spiro atoms. The number of nitrogens with zero attached hydrogens (tertiary/aromatic N) is 5. The van der Waals surface area contributed by atoms with Crippen LogP contribution >= 0.6 is 11.3 Å². The summed E-state index contributed by atoms with van der Waals surface area (Å²) in [7, 11) is 0.